The number of carboxylic acid groups (broad SMARTS) is 1. The Morgan fingerprint density at radius 2 is 2.15 bits per heavy atom. The molecule has 1 N–H and O–H groups in total. The third-order valence-corrected chi connectivity index (χ3v) is 4.52. The topological polar surface area (TPSA) is 58.4 Å². The van der Waals surface area contributed by atoms with Gasteiger partial charge in [-0.1, -0.05) is 6.42 Å². The lowest BCUT2D eigenvalue weighted by Crippen LogP contribution is -2.31. The van der Waals surface area contributed by atoms with Gasteiger partial charge < -0.3 is 14.6 Å². The fraction of sp³-hybridized carbons (Fsp3) is 0.733. The molecule has 0 aromatic carbocycles. The quantitative estimate of drug-likeness (QED) is 0.907. The first-order valence-electron chi connectivity index (χ1n) is 7.72. The van der Waals surface area contributed by atoms with E-state index in [1.54, 1.807) is 0 Å². The van der Waals surface area contributed by atoms with Gasteiger partial charge in [-0.05, 0) is 32.4 Å². The predicted molar refractivity (Wildman–Crippen MR) is 75.7 cm³/mol. The minimum Gasteiger partial charge on any atom is -0.481 e. The summed E-state index contributed by atoms with van der Waals surface area (Å²) in [6.45, 7) is 4.10. The molecule has 1 saturated heterocycles. The molecular weight excluding hydrogens is 254 g/mol. The lowest BCUT2D eigenvalue weighted by atomic mass is 10.00. The average molecular weight is 277 g/mol. The van der Waals surface area contributed by atoms with Gasteiger partial charge in [0.2, 0.25) is 0 Å². The van der Waals surface area contributed by atoms with Gasteiger partial charge in [0, 0.05) is 32.1 Å². The summed E-state index contributed by atoms with van der Waals surface area (Å²) in [6.07, 6.45) is 8.57. The van der Waals surface area contributed by atoms with Gasteiger partial charge in [0.15, 0.2) is 0 Å². The van der Waals surface area contributed by atoms with E-state index in [1.807, 2.05) is 4.57 Å². The molecule has 1 unspecified atom stereocenters. The molecular formula is C15H23N3O2. The van der Waals surface area contributed by atoms with Crippen LogP contribution in [0.25, 0.3) is 0 Å². The highest BCUT2D eigenvalue weighted by molar-refractivity contribution is 5.70. The van der Waals surface area contributed by atoms with Crippen LogP contribution in [0, 0.1) is 5.92 Å². The summed E-state index contributed by atoms with van der Waals surface area (Å²) in [5.74, 6) is 0.141. The molecule has 0 aliphatic carbocycles. The number of carboxylic acids is 1. The molecule has 1 aromatic rings. The number of nitrogens with zero attached hydrogens (tertiary/aromatic N) is 3. The number of aryl methyl sites for hydroxylation is 1. The average Bonchev–Trinajstić information content (AvgIpc) is 2.88. The van der Waals surface area contributed by atoms with E-state index in [1.165, 1.54) is 32.4 Å². The highest BCUT2D eigenvalue weighted by atomic mass is 16.4. The van der Waals surface area contributed by atoms with Crippen LogP contribution in [0.4, 0.5) is 0 Å². The lowest BCUT2D eigenvalue weighted by molar-refractivity contribution is -0.142. The first-order chi connectivity index (χ1) is 9.72. The van der Waals surface area contributed by atoms with Crippen LogP contribution in [0.1, 0.15) is 37.2 Å². The zero-order valence-corrected chi connectivity index (χ0v) is 11.9. The summed E-state index contributed by atoms with van der Waals surface area (Å²) in [6, 6.07) is 0. The molecule has 3 heterocycles. The second-order valence-electron chi connectivity index (χ2n) is 6.03. The van der Waals surface area contributed by atoms with Crippen LogP contribution in [0.3, 0.4) is 0 Å². The minimum atomic E-state index is -0.681. The Balaban J connectivity index is 1.57. The Kier molecular flexibility index (Phi) is 4.05. The molecule has 5 heteroatoms. The first-order valence-corrected chi connectivity index (χ1v) is 7.72. The summed E-state index contributed by atoms with van der Waals surface area (Å²) in [4.78, 5) is 18.3. The van der Waals surface area contributed by atoms with Gasteiger partial charge in [-0.15, -0.1) is 0 Å². The van der Waals surface area contributed by atoms with Crippen LogP contribution in [0.15, 0.2) is 6.20 Å². The normalized spacial score (nSPS) is 23.5. The highest BCUT2D eigenvalue weighted by Gasteiger charge is 2.25. The Labute approximate surface area is 119 Å². The summed E-state index contributed by atoms with van der Waals surface area (Å²) >= 11 is 0. The monoisotopic (exact) mass is 277 g/mol. The number of hydrogen-bond donors (Lipinski definition) is 1. The molecule has 5 nitrogen and oxygen atoms in total. The Hall–Kier alpha value is -1.36. The van der Waals surface area contributed by atoms with Crippen molar-refractivity contribution in [1.82, 2.24) is 14.5 Å². The number of hydrogen-bond acceptors (Lipinski definition) is 3. The van der Waals surface area contributed by atoms with E-state index in [4.69, 9.17) is 5.11 Å². The van der Waals surface area contributed by atoms with E-state index in [0.717, 1.165) is 37.3 Å². The maximum atomic E-state index is 11.1. The summed E-state index contributed by atoms with van der Waals surface area (Å²) in [5.41, 5.74) is 1.12. The van der Waals surface area contributed by atoms with Gasteiger partial charge in [-0.2, -0.15) is 0 Å². The molecule has 0 bridgehead atoms. The molecule has 0 amide bonds. The van der Waals surface area contributed by atoms with Crippen molar-refractivity contribution >= 4 is 5.97 Å². The standard InChI is InChI=1S/C15H23N3O2/c19-15(20)12-4-5-14-16-13(11-18(14)10-12)6-9-17-7-2-1-3-8-17/h11-12H,1-10H2,(H,19,20). The number of imidazole rings is 1. The molecule has 0 radical (unpaired) electrons. The van der Waals surface area contributed by atoms with Crippen molar-refractivity contribution < 1.29 is 9.90 Å². The highest BCUT2D eigenvalue weighted by Crippen LogP contribution is 2.20. The van der Waals surface area contributed by atoms with Crippen LogP contribution in [0.2, 0.25) is 0 Å². The Bertz CT molecular complexity index is 477. The zero-order chi connectivity index (χ0) is 13.9. The van der Waals surface area contributed by atoms with Gasteiger partial charge >= 0.3 is 5.97 Å². The summed E-state index contributed by atoms with van der Waals surface area (Å²) in [5, 5.41) is 9.10. The van der Waals surface area contributed by atoms with E-state index in [2.05, 4.69) is 16.1 Å². The second-order valence-corrected chi connectivity index (χ2v) is 6.03. The van der Waals surface area contributed by atoms with E-state index >= 15 is 0 Å². The third-order valence-electron chi connectivity index (χ3n) is 4.52. The number of carbonyl (C=O) groups is 1. The Morgan fingerprint density at radius 1 is 1.35 bits per heavy atom. The molecule has 3 rings (SSSR count). The number of fused-ring (bicyclic) bond motifs is 1. The third kappa shape index (κ3) is 3.03. The molecule has 1 atom stereocenters. The van der Waals surface area contributed by atoms with Gasteiger partial charge in [-0.25, -0.2) is 4.98 Å². The molecule has 0 spiro atoms. The van der Waals surface area contributed by atoms with Crippen LogP contribution in [-0.4, -0.2) is 45.2 Å². The first kappa shape index (κ1) is 13.6. The van der Waals surface area contributed by atoms with Gasteiger partial charge in [0.05, 0.1) is 11.6 Å². The van der Waals surface area contributed by atoms with Crippen molar-refractivity contribution in [3.8, 4) is 0 Å². The van der Waals surface area contributed by atoms with E-state index in [-0.39, 0.29) is 5.92 Å². The smallest absolute Gasteiger partial charge is 0.308 e. The van der Waals surface area contributed by atoms with Crippen LogP contribution < -0.4 is 0 Å². The van der Waals surface area contributed by atoms with Crippen molar-refractivity contribution in [2.24, 2.45) is 5.92 Å². The molecule has 110 valence electrons. The SMILES string of the molecule is O=C(O)C1CCc2nc(CCN3CCCCC3)cn2C1. The fourth-order valence-electron chi connectivity index (χ4n) is 3.28. The number of likely N-dealkylation sites (tertiary alicyclic amines) is 1. The Morgan fingerprint density at radius 3 is 2.90 bits per heavy atom. The van der Waals surface area contributed by atoms with E-state index in [9.17, 15) is 4.79 Å². The maximum Gasteiger partial charge on any atom is 0.308 e. The molecule has 1 aromatic heterocycles. The molecule has 1 fully saturated rings. The lowest BCUT2D eigenvalue weighted by Gasteiger charge is -2.25. The van der Waals surface area contributed by atoms with Crippen LogP contribution in [-0.2, 0) is 24.2 Å². The zero-order valence-electron chi connectivity index (χ0n) is 11.9. The van der Waals surface area contributed by atoms with E-state index in [0.29, 0.717) is 6.54 Å². The summed E-state index contributed by atoms with van der Waals surface area (Å²) in [7, 11) is 0. The van der Waals surface area contributed by atoms with Crippen molar-refractivity contribution in [3.05, 3.63) is 17.7 Å². The maximum absolute atomic E-state index is 11.1. The molecule has 2 aliphatic heterocycles. The van der Waals surface area contributed by atoms with Crippen LogP contribution >= 0.6 is 0 Å². The minimum absolute atomic E-state index is 0.244. The number of rotatable bonds is 4. The predicted octanol–water partition coefficient (Wildman–Crippen LogP) is 1.56. The van der Waals surface area contributed by atoms with Crippen molar-refractivity contribution in [3.63, 3.8) is 0 Å². The van der Waals surface area contributed by atoms with Gasteiger partial charge in [-0.3, -0.25) is 4.79 Å². The van der Waals surface area contributed by atoms with Crippen molar-refractivity contribution in [1.29, 1.82) is 0 Å². The second kappa shape index (κ2) is 5.95. The van der Waals surface area contributed by atoms with Gasteiger partial charge in [0.1, 0.15) is 5.82 Å². The van der Waals surface area contributed by atoms with Crippen LogP contribution in [0.5, 0.6) is 0 Å². The summed E-state index contributed by atoms with van der Waals surface area (Å²) < 4.78 is 2.05. The van der Waals surface area contributed by atoms with Crippen molar-refractivity contribution in [2.75, 3.05) is 19.6 Å². The molecule has 20 heavy (non-hydrogen) atoms. The number of aliphatic carboxylic acids is 1. The fourth-order valence-corrected chi connectivity index (χ4v) is 3.28. The largest absolute Gasteiger partial charge is 0.481 e. The van der Waals surface area contributed by atoms with E-state index < -0.39 is 5.97 Å². The molecule has 2 aliphatic rings. The van der Waals surface area contributed by atoms with Crippen molar-refractivity contribution in [2.45, 2.75) is 45.1 Å². The van der Waals surface area contributed by atoms with Gasteiger partial charge in [0.25, 0.3) is 0 Å². The molecule has 0 saturated carbocycles. The number of piperidine rings is 1. The number of aromatic nitrogens is 2.